The first-order chi connectivity index (χ1) is 21.2. The van der Waals surface area contributed by atoms with Crippen molar-refractivity contribution in [3.8, 4) is 0 Å². The van der Waals surface area contributed by atoms with Gasteiger partial charge in [0.15, 0.2) is 0 Å². The van der Waals surface area contributed by atoms with Gasteiger partial charge in [-0.25, -0.2) is 8.42 Å². The molecule has 2 amide bonds. The molecule has 1 unspecified atom stereocenters. The first kappa shape index (κ1) is 32.8. The SMILES string of the molecule is CCCCNC(=O)C(Cc1ccccc1)N(Cc1ccccc1)C(=O)CN(c1ccc(C)c(Cl)c1)S(=O)(=O)c1ccccc1. The molecule has 4 aromatic carbocycles. The van der Waals surface area contributed by atoms with Crippen molar-refractivity contribution in [3.05, 3.63) is 131 Å². The van der Waals surface area contributed by atoms with E-state index in [2.05, 4.69) is 5.32 Å². The Bertz CT molecular complexity index is 1630. The van der Waals surface area contributed by atoms with E-state index in [1.165, 1.54) is 17.0 Å². The number of unbranched alkanes of at least 4 members (excludes halogenated alkanes) is 1. The maximum absolute atomic E-state index is 14.4. The summed E-state index contributed by atoms with van der Waals surface area (Å²) in [6.45, 7) is 3.92. The Morgan fingerprint density at radius 3 is 2.02 bits per heavy atom. The van der Waals surface area contributed by atoms with E-state index in [0.717, 1.165) is 33.8 Å². The van der Waals surface area contributed by atoms with Gasteiger partial charge in [0.2, 0.25) is 11.8 Å². The Kier molecular flexibility index (Phi) is 11.6. The van der Waals surface area contributed by atoms with Crippen LogP contribution in [0.2, 0.25) is 5.02 Å². The molecule has 0 radical (unpaired) electrons. The first-order valence-electron chi connectivity index (χ1n) is 14.7. The molecule has 0 heterocycles. The molecule has 44 heavy (non-hydrogen) atoms. The maximum Gasteiger partial charge on any atom is 0.264 e. The highest BCUT2D eigenvalue weighted by atomic mass is 35.5. The lowest BCUT2D eigenvalue weighted by Gasteiger charge is -2.34. The highest BCUT2D eigenvalue weighted by molar-refractivity contribution is 7.92. The normalized spacial score (nSPS) is 11.9. The summed E-state index contributed by atoms with van der Waals surface area (Å²) in [5.74, 6) is -0.806. The van der Waals surface area contributed by atoms with E-state index in [1.54, 1.807) is 36.4 Å². The van der Waals surface area contributed by atoms with Crippen molar-refractivity contribution >= 4 is 39.1 Å². The smallest absolute Gasteiger partial charge is 0.264 e. The third-order valence-electron chi connectivity index (χ3n) is 7.35. The zero-order valence-electron chi connectivity index (χ0n) is 25.0. The Labute approximate surface area is 265 Å². The second kappa shape index (κ2) is 15.5. The van der Waals surface area contributed by atoms with Gasteiger partial charge in [0.05, 0.1) is 10.6 Å². The summed E-state index contributed by atoms with van der Waals surface area (Å²) >= 11 is 6.43. The van der Waals surface area contributed by atoms with Crippen LogP contribution in [-0.2, 0) is 32.6 Å². The fourth-order valence-electron chi connectivity index (χ4n) is 4.83. The van der Waals surface area contributed by atoms with Crippen LogP contribution in [0, 0.1) is 6.92 Å². The molecular formula is C35H38ClN3O4S. The summed E-state index contributed by atoms with van der Waals surface area (Å²) in [7, 11) is -4.18. The van der Waals surface area contributed by atoms with E-state index in [4.69, 9.17) is 11.6 Å². The van der Waals surface area contributed by atoms with Gasteiger partial charge in [-0.05, 0) is 54.3 Å². The largest absolute Gasteiger partial charge is 0.354 e. The number of halogens is 1. The van der Waals surface area contributed by atoms with E-state index in [1.807, 2.05) is 74.5 Å². The maximum atomic E-state index is 14.4. The number of sulfonamides is 1. The number of rotatable bonds is 14. The van der Waals surface area contributed by atoms with Crippen molar-refractivity contribution in [2.24, 2.45) is 0 Å². The van der Waals surface area contributed by atoms with E-state index in [9.17, 15) is 18.0 Å². The third kappa shape index (κ3) is 8.49. The minimum atomic E-state index is -4.18. The summed E-state index contributed by atoms with van der Waals surface area (Å²) in [6, 6.07) is 30.9. The summed E-state index contributed by atoms with van der Waals surface area (Å²) in [6.07, 6.45) is 1.97. The van der Waals surface area contributed by atoms with Gasteiger partial charge in [-0.15, -0.1) is 0 Å². The Hall–Kier alpha value is -4.14. The Balaban J connectivity index is 1.78. The number of nitrogens with zero attached hydrogens (tertiary/aromatic N) is 2. The highest BCUT2D eigenvalue weighted by Crippen LogP contribution is 2.29. The van der Waals surface area contributed by atoms with Crippen LogP contribution in [0.4, 0.5) is 5.69 Å². The summed E-state index contributed by atoms with van der Waals surface area (Å²) in [4.78, 5) is 29.7. The monoisotopic (exact) mass is 631 g/mol. The molecule has 0 aliphatic heterocycles. The van der Waals surface area contributed by atoms with E-state index >= 15 is 0 Å². The van der Waals surface area contributed by atoms with E-state index in [-0.39, 0.29) is 29.5 Å². The summed E-state index contributed by atoms with van der Waals surface area (Å²) in [5.41, 5.74) is 2.73. The average Bonchev–Trinajstić information content (AvgIpc) is 3.04. The average molecular weight is 632 g/mol. The topological polar surface area (TPSA) is 86.8 Å². The zero-order valence-corrected chi connectivity index (χ0v) is 26.6. The van der Waals surface area contributed by atoms with Crippen LogP contribution in [0.15, 0.2) is 114 Å². The molecule has 4 rings (SSSR count). The van der Waals surface area contributed by atoms with Crippen LogP contribution in [0.3, 0.4) is 0 Å². The van der Waals surface area contributed by atoms with Gasteiger partial charge in [-0.2, -0.15) is 0 Å². The number of nitrogens with one attached hydrogen (secondary N) is 1. The molecule has 0 saturated carbocycles. The van der Waals surface area contributed by atoms with Crippen LogP contribution < -0.4 is 9.62 Å². The van der Waals surface area contributed by atoms with E-state index in [0.29, 0.717) is 11.6 Å². The number of amides is 2. The number of aryl methyl sites for hydroxylation is 1. The molecule has 0 saturated heterocycles. The third-order valence-corrected chi connectivity index (χ3v) is 9.55. The molecule has 230 valence electrons. The Morgan fingerprint density at radius 2 is 1.43 bits per heavy atom. The molecule has 4 aromatic rings. The van der Waals surface area contributed by atoms with Crippen molar-refractivity contribution in [2.45, 2.75) is 50.6 Å². The minimum Gasteiger partial charge on any atom is -0.354 e. The number of carbonyl (C=O) groups excluding carboxylic acids is 2. The highest BCUT2D eigenvalue weighted by Gasteiger charge is 2.34. The van der Waals surface area contributed by atoms with Crippen molar-refractivity contribution < 1.29 is 18.0 Å². The van der Waals surface area contributed by atoms with E-state index < -0.39 is 28.5 Å². The van der Waals surface area contributed by atoms with Crippen molar-refractivity contribution in [1.82, 2.24) is 10.2 Å². The van der Waals surface area contributed by atoms with Gasteiger partial charge >= 0.3 is 0 Å². The predicted molar refractivity (Wildman–Crippen MR) is 176 cm³/mol. The van der Waals surface area contributed by atoms with Crippen molar-refractivity contribution in [1.29, 1.82) is 0 Å². The molecule has 1 N–H and O–H groups in total. The number of benzene rings is 4. The molecule has 0 aliphatic rings. The van der Waals surface area contributed by atoms with Gasteiger partial charge in [0, 0.05) is 24.5 Å². The molecular weight excluding hydrogens is 594 g/mol. The summed E-state index contributed by atoms with van der Waals surface area (Å²) < 4.78 is 29.2. The second-order valence-corrected chi connectivity index (χ2v) is 12.9. The number of hydrogen-bond acceptors (Lipinski definition) is 4. The Morgan fingerprint density at radius 1 is 0.841 bits per heavy atom. The van der Waals surface area contributed by atoms with Gasteiger partial charge in [0.1, 0.15) is 12.6 Å². The minimum absolute atomic E-state index is 0.0391. The van der Waals surface area contributed by atoms with Crippen LogP contribution in [0.5, 0.6) is 0 Å². The van der Waals surface area contributed by atoms with Gasteiger partial charge in [-0.3, -0.25) is 13.9 Å². The van der Waals surface area contributed by atoms with Gasteiger partial charge in [-0.1, -0.05) is 110 Å². The fourth-order valence-corrected chi connectivity index (χ4v) is 6.43. The van der Waals surface area contributed by atoms with Crippen LogP contribution >= 0.6 is 11.6 Å². The molecule has 0 aromatic heterocycles. The van der Waals surface area contributed by atoms with Crippen LogP contribution in [0.1, 0.15) is 36.5 Å². The summed E-state index contributed by atoms with van der Waals surface area (Å²) in [5, 5.41) is 3.37. The fraction of sp³-hybridized carbons (Fsp3) is 0.257. The van der Waals surface area contributed by atoms with Crippen molar-refractivity contribution in [2.75, 3.05) is 17.4 Å². The molecule has 9 heteroatoms. The molecule has 0 aliphatic carbocycles. The lowest BCUT2D eigenvalue weighted by molar-refractivity contribution is -0.140. The van der Waals surface area contributed by atoms with Crippen molar-refractivity contribution in [3.63, 3.8) is 0 Å². The molecule has 0 fully saturated rings. The standard InChI is InChI=1S/C35H38ClN3O4S/c1-3-4-22-37-35(41)33(23-28-14-8-5-9-15-28)38(25-29-16-10-6-11-17-29)34(40)26-39(30-21-20-27(2)32(36)24-30)44(42,43)31-18-12-7-13-19-31/h5-21,24,33H,3-4,22-23,25-26H2,1-2H3,(H,37,41). The second-order valence-electron chi connectivity index (χ2n) is 10.6. The zero-order chi connectivity index (χ0) is 31.5. The lowest BCUT2D eigenvalue weighted by atomic mass is 10.0. The number of carbonyl (C=O) groups is 2. The van der Waals surface area contributed by atoms with Crippen LogP contribution in [-0.4, -0.2) is 44.3 Å². The number of anilines is 1. The predicted octanol–water partition coefficient (Wildman–Crippen LogP) is 6.40. The lowest BCUT2D eigenvalue weighted by Crippen LogP contribution is -2.53. The quantitative estimate of drug-likeness (QED) is 0.163. The molecule has 0 bridgehead atoms. The number of hydrogen-bond donors (Lipinski definition) is 1. The molecule has 0 spiro atoms. The van der Waals surface area contributed by atoms with Gasteiger partial charge < -0.3 is 10.2 Å². The molecule has 1 atom stereocenters. The van der Waals surface area contributed by atoms with Crippen LogP contribution in [0.25, 0.3) is 0 Å². The molecule has 7 nitrogen and oxygen atoms in total. The first-order valence-corrected chi connectivity index (χ1v) is 16.5. The van der Waals surface area contributed by atoms with Gasteiger partial charge in [0.25, 0.3) is 10.0 Å².